The second-order valence-corrected chi connectivity index (χ2v) is 3.67. The topological polar surface area (TPSA) is 33.0 Å². The molecule has 0 fully saturated rings. The second kappa shape index (κ2) is 5.21. The summed E-state index contributed by atoms with van der Waals surface area (Å²) in [5.74, 6) is 1.14. The Balaban J connectivity index is 3.09. The predicted molar refractivity (Wildman–Crippen MR) is 61.4 cm³/mol. The lowest BCUT2D eigenvalue weighted by molar-refractivity contribution is 0.414. The number of nitrogens with zero attached hydrogens (tertiary/aromatic N) is 1. The molecule has 1 aromatic rings. The molecule has 2 heteroatoms. The average Bonchev–Trinajstić information content (AvgIpc) is 2.25. The molecule has 0 aliphatic rings. The second-order valence-electron chi connectivity index (χ2n) is 3.67. The van der Waals surface area contributed by atoms with E-state index in [1.807, 2.05) is 30.3 Å². The van der Waals surface area contributed by atoms with Gasteiger partial charge in [-0.3, -0.25) is 0 Å². The molecule has 0 N–H and O–H groups in total. The van der Waals surface area contributed by atoms with Crippen LogP contribution >= 0.6 is 0 Å². The fourth-order valence-electron chi connectivity index (χ4n) is 1.32. The number of nitriles is 1. The van der Waals surface area contributed by atoms with Crippen molar-refractivity contribution in [2.45, 2.75) is 13.8 Å². The van der Waals surface area contributed by atoms with Gasteiger partial charge < -0.3 is 4.74 Å². The molecular formula is C13H15NO. The summed E-state index contributed by atoms with van der Waals surface area (Å²) >= 11 is 0. The lowest BCUT2D eigenvalue weighted by Crippen LogP contribution is -1.88. The van der Waals surface area contributed by atoms with Crippen molar-refractivity contribution in [1.82, 2.24) is 0 Å². The van der Waals surface area contributed by atoms with E-state index in [0.29, 0.717) is 11.5 Å². The Hall–Kier alpha value is -1.75. The molecule has 0 aromatic heterocycles. The maximum Gasteiger partial charge on any atom is 0.119 e. The van der Waals surface area contributed by atoms with Crippen LogP contribution in [0.2, 0.25) is 0 Å². The van der Waals surface area contributed by atoms with E-state index in [2.05, 4.69) is 19.9 Å². The first kappa shape index (κ1) is 11.3. The van der Waals surface area contributed by atoms with E-state index in [1.54, 1.807) is 7.11 Å². The Labute approximate surface area is 90.8 Å². The molecule has 0 aliphatic carbocycles. The third-order valence-electron chi connectivity index (χ3n) is 2.00. The molecular weight excluding hydrogens is 186 g/mol. The van der Waals surface area contributed by atoms with E-state index in [-0.39, 0.29) is 0 Å². The molecule has 0 heterocycles. The molecule has 0 amide bonds. The molecule has 0 aliphatic heterocycles. The van der Waals surface area contributed by atoms with Crippen LogP contribution in [-0.2, 0) is 0 Å². The van der Waals surface area contributed by atoms with E-state index in [9.17, 15) is 0 Å². The van der Waals surface area contributed by atoms with Crippen molar-refractivity contribution in [2.75, 3.05) is 7.11 Å². The van der Waals surface area contributed by atoms with Crippen LogP contribution in [0.25, 0.3) is 5.57 Å². The number of rotatable bonds is 3. The van der Waals surface area contributed by atoms with Gasteiger partial charge in [0.1, 0.15) is 5.75 Å². The van der Waals surface area contributed by atoms with Gasteiger partial charge in [-0.2, -0.15) is 5.26 Å². The van der Waals surface area contributed by atoms with E-state index in [4.69, 9.17) is 10.00 Å². The minimum absolute atomic E-state index is 0.367. The summed E-state index contributed by atoms with van der Waals surface area (Å²) in [5.41, 5.74) is 1.61. The summed E-state index contributed by atoms with van der Waals surface area (Å²) in [4.78, 5) is 0. The molecule has 0 unspecified atom stereocenters. The first-order chi connectivity index (χ1) is 7.17. The van der Waals surface area contributed by atoms with Gasteiger partial charge in [-0.05, 0) is 23.6 Å². The van der Waals surface area contributed by atoms with Gasteiger partial charge in [-0.1, -0.05) is 32.1 Å². The van der Waals surface area contributed by atoms with Crippen LogP contribution in [0.15, 0.2) is 30.3 Å². The summed E-state index contributed by atoms with van der Waals surface area (Å²) in [6, 6.07) is 9.75. The normalized spacial score (nSPS) is 11.3. The Bertz CT molecular complexity index is 399. The molecule has 0 atom stereocenters. The highest BCUT2D eigenvalue weighted by molar-refractivity contribution is 5.77. The van der Waals surface area contributed by atoms with Crippen molar-refractivity contribution in [3.63, 3.8) is 0 Å². The Morgan fingerprint density at radius 2 is 2.20 bits per heavy atom. The van der Waals surface area contributed by atoms with Crippen molar-refractivity contribution in [1.29, 1.82) is 5.26 Å². The zero-order valence-corrected chi connectivity index (χ0v) is 9.32. The SMILES string of the molecule is COc1cccc(/C(C#N)=C/C(C)C)c1. The number of benzene rings is 1. The first-order valence-corrected chi connectivity index (χ1v) is 4.93. The number of ether oxygens (including phenoxy) is 1. The Kier molecular flexibility index (Phi) is 3.93. The van der Waals surface area contributed by atoms with Gasteiger partial charge in [0.05, 0.1) is 18.8 Å². The van der Waals surface area contributed by atoms with Crippen molar-refractivity contribution in [2.24, 2.45) is 5.92 Å². The summed E-state index contributed by atoms with van der Waals surface area (Å²) in [5, 5.41) is 9.03. The van der Waals surface area contributed by atoms with Gasteiger partial charge in [0.2, 0.25) is 0 Å². The molecule has 0 spiro atoms. The number of hydrogen-bond acceptors (Lipinski definition) is 2. The molecule has 0 saturated carbocycles. The quantitative estimate of drug-likeness (QED) is 0.703. The first-order valence-electron chi connectivity index (χ1n) is 4.93. The van der Waals surface area contributed by atoms with Crippen LogP contribution in [-0.4, -0.2) is 7.11 Å². The van der Waals surface area contributed by atoms with Gasteiger partial charge in [-0.15, -0.1) is 0 Å². The van der Waals surface area contributed by atoms with E-state index >= 15 is 0 Å². The average molecular weight is 201 g/mol. The molecule has 0 radical (unpaired) electrons. The van der Waals surface area contributed by atoms with Crippen molar-refractivity contribution < 1.29 is 4.74 Å². The molecule has 0 bridgehead atoms. The van der Waals surface area contributed by atoms with E-state index in [1.165, 1.54) is 0 Å². The van der Waals surface area contributed by atoms with Gasteiger partial charge >= 0.3 is 0 Å². The molecule has 1 rings (SSSR count). The summed E-state index contributed by atoms with van der Waals surface area (Å²) in [7, 11) is 1.62. The monoisotopic (exact) mass is 201 g/mol. The molecule has 15 heavy (non-hydrogen) atoms. The lowest BCUT2D eigenvalue weighted by Gasteiger charge is -2.04. The number of methoxy groups -OCH3 is 1. The number of allylic oxidation sites excluding steroid dienone is 2. The minimum Gasteiger partial charge on any atom is -0.497 e. The smallest absolute Gasteiger partial charge is 0.119 e. The van der Waals surface area contributed by atoms with Crippen LogP contribution in [0.5, 0.6) is 5.75 Å². The maximum atomic E-state index is 9.03. The van der Waals surface area contributed by atoms with Gasteiger partial charge in [-0.25, -0.2) is 0 Å². The largest absolute Gasteiger partial charge is 0.497 e. The highest BCUT2D eigenvalue weighted by atomic mass is 16.5. The van der Waals surface area contributed by atoms with Gasteiger partial charge in [0, 0.05) is 0 Å². The molecule has 1 aromatic carbocycles. The summed E-state index contributed by atoms with van der Waals surface area (Å²) in [6.45, 7) is 4.11. The standard InChI is InChI=1S/C13H15NO/c1-10(2)7-12(9-14)11-5-4-6-13(8-11)15-3/h4-8,10H,1-3H3/b12-7+. The Morgan fingerprint density at radius 1 is 1.47 bits per heavy atom. The lowest BCUT2D eigenvalue weighted by atomic mass is 10.0. The van der Waals surface area contributed by atoms with Gasteiger partial charge in [0.15, 0.2) is 0 Å². The van der Waals surface area contributed by atoms with Crippen LogP contribution < -0.4 is 4.74 Å². The molecule has 78 valence electrons. The van der Waals surface area contributed by atoms with Crippen LogP contribution in [0.1, 0.15) is 19.4 Å². The van der Waals surface area contributed by atoms with Gasteiger partial charge in [0.25, 0.3) is 0 Å². The fourth-order valence-corrected chi connectivity index (χ4v) is 1.32. The fraction of sp³-hybridized carbons (Fsp3) is 0.308. The molecule has 0 saturated heterocycles. The predicted octanol–water partition coefficient (Wildman–Crippen LogP) is 3.26. The van der Waals surface area contributed by atoms with Crippen LogP contribution in [0, 0.1) is 17.2 Å². The van der Waals surface area contributed by atoms with Crippen molar-refractivity contribution >= 4 is 5.57 Å². The maximum absolute atomic E-state index is 9.03. The van der Waals surface area contributed by atoms with Crippen molar-refractivity contribution in [3.05, 3.63) is 35.9 Å². The third-order valence-corrected chi connectivity index (χ3v) is 2.00. The zero-order valence-electron chi connectivity index (χ0n) is 9.32. The summed E-state index contributed by atoms with van der Waals surface area (Å²) < 4.78 is 5.12. The van der Waals surface area contributed by atoms with E-state index < -0.39 is 0 Å². The van der Waals surface area contributed by atoms with Crippen LogP contribution in [0.3, 0.4) is 0 Å². The third kappa shape index (κ3) is 3.14. The molecule has 2 nitrogen and oxygen atoms in total. The van der Waals surface area contributed by atoms with Crippen LogP contribution in [0.4, 0.5) is 0 Å². The number of hydrogen-bond donors (Lipinski definition) is 0. The highest BCUT2D eigenvalue weighted by Crippen LogP contribution is 2.20. The van der Waals surface area contributed by atoms with E-state index in [0.717, 1.165) is 11.3 Å². The zero-order chi connectivity index (χ0) is 11.3. The Morgan fingerprint density at radius 3 is 2.73 bits per heavy atom. The summed E-state index contributed by atoms with van der Waals surface area (Å²) in [6.07, 6.45) is 1.95. The highest BCUT2D eigenvalue weighted by Gasteiger charge is 2.02. The minimum atomic E-state index is 0.367. The van der Waals surface area contributed by atoms with Crippen molar-refractivity contribution in [3.8, 4) is 11.8 Å².